The molecule has 0 unspecified atom stereocenters. The molecule has 162 valence electrons. The lowest BCUT2D eigenvalue weighted by molar-refractivity contribution is 0.102. The number of amides is 1. The Kier molecular flexibility index (Phi) is 6.08. The number of benzene rings is 3. The van der Waals surface area contributed by atoms with E-state index in [0.29, 0.717) is 22.8 Å². The number of carbonyl (C=O) groups is 1. The fraction of sp³-hybridized carbons (Fsp3) is 0.185. The number of nitrogens with one attached hydrogen (secondary N) is 1. The van der Waals surface area contributed by atoms with Crippen LogP contribution in [-0.4, -0.2) is 25.1 Å². The molecule has 0 saturated heterocycles. The van der Waals surface area contributed by atoms with E-state index in [1.54, 1.807) is 14.2 Å². The molecule has 0 saturated carbocycles. The monoisotopic (exact) mass is 426 g/mol. The van der Waals surface area contributed by atoms with Gasteiger partial charge in [0.15, 0.2) is 11.5 Å². The zero-order chi connectivity index (χ0) is 22.7. The van der Waals surface area contributed by atoms with E-state index in [0.717, 1.165) is 39.7 Å². The summed E-state index contributed by atoms with van der Waals surface area (Å²) in [5.41, 5.74) is 5.88. The smallest absolute Gasteiger partial charge is 0.256 e. The van der Waals surface area contributed by atoms with E-state index in [2.05, 4.69) is 12.2 Å². The molecule has 1 N–H and O–H groups in total. The summed E-state index contributed by atoms with van der Waals surface area (Å²) in [6.07, 6.45) is 0.839. The molecule has 0 atom stereocenters. The lowest BCUT2D eigenvalue weighted by atomic mass is 10.0. The second-order valence-corrected chi connectivity index (χ2v) is 7.56. The van der Waals surface area contributed by atoms with Crippen molar-refractivity contribution in [2.45, 2.75) is 20.3 Å². The molecule has 1 heterocycles. The molecule has 1 amide bonds. The Labute approximate surface area is 188 Å². The van der Waals surface area contributed by atoms with Crippen LogP contribution in [0.25, 0.3) is 22.2 Å². The first-order valence-electron chi connectivity index (χ1n) is 10.6. The Morgan fingerprint density at radius 2 is 1.72 bits per heavy atom. The minimum atomic E-state index is -0.158. The van der Waals surface area contributed by atoms with Crippen LogP contribution in [0, 0.1) is 6.92 Å². The van der Waals surface area contributed by atoms with Gasteiger partial charge in [0.05, 0.1) is 31.0 Å². The summed E-state index contributed by atoms with van der Waals surface area (Å²) < 4.78 is 10.8. The van der Waals surface area contributed by atoms with Crippen LogP contribution in [0.5, 0.6) is 11.5 Å². The van der Waals surface area contributed by atoms with Gasteiger partial charge in [0.2, 0.25) is 0 Å². The first-order valence-corrected chi connectivity index (χ1v) is 10.6. The van der Waals surface area contributed by atoms with Crippen molar-refractivity contribution >= 4 is 22.5 Å². The number of hydrogen-bond donors (Lipinski definition) is 1. The van der Waals surface area contributed by atoms with E-state index in [-0.39, 0.29) is 5.91 Å². The number of hydrogen-bond acceptors (Lipinski definition) is 4. The van der Waals surface area contributed by atoms with Crippen LogP contribution < -0.4 is 14.8 Å². The Morgan fingerprint density at radius 3 is 2.47 bits per heavy atom. The minimum absolute atomic E-state index is 0.158. The summed E-state index contributed by atoms with van der Waals surface area (Å²) in [5.74, 6) is 1.09. The predicted octanol–water partition coefficient (Wildman–Crippen LogP) is 6.04. The molecule has 0 fully saturated rings. The number of nitrogens with zero attached hydrogens (tertiary/aromatic N) is 1. The van der Waals surface area contributed by atoms with Gasteiger partial charge in [-0.25, -0.2) is 4.98 Å². The third-order valence-corrected chi connectivity index (χ3v) is 5.62. The van der Waals surface area contributed by atoms with Crippen LogP contribution in [0.4, 0.5) is 5.69 Å². The van der Waals surface area contributed by atoms with Crippen molar-refractivity contribution in [3.63, 3.8) is 0 Å². The largest absolute Gasteiger partial charge is 0.493 e. The Morgan fingerprint density at radius 1 is 0.938 bits per heavy atom. The predicted molar refractivity (Wildman–Crippen MR) is 129 cm³/mol. The third kappa shape index (κ3) is 4.02. The van der Waals surface area contributed by atoms with Crippen LogP contribution in [0.3, 0.4) is 0 Å². The fourth-order valence-electron chi connectivity index (χ4n) is 3.89. The third-order valence-electron chi connectivity index (χ3n) is 5.62. The SMILES string of the molecule is CCc1cccc(C)c1NC(=O)c1cc(-c2ccc(OC)c(OC)c2)nc2ccccc12. The maximum absolute atomic E-state index is 13.5. The van der Waals surface area contributed by atoms with Gasteiger partial charge in [-0.15, -0.1) is 0 Å². The number of ether oxygens (including phenoxy) is 2. The van der Waals surface area contributed by atoms with Gasteiger partial charge in [0, 0.05) is 16.6 Å². The van der Waals surface area contributed by atoms with E-state index < -0.39 is 0 Å². The highest BCUT2D eigenvalue weighted by atomic mass is 16.5. The molecule has 0 spiro atoms. The van der Waals surface area contributed by atoms with E-state index in [4.69, 9.17) is 14.5 Å². The van der Waals surface area contributed by atoms with Crippen molar-refractivity contribution in [3.8, 4) is 22.8 Å². The molecule has 32 heavy (non-hydrogen) atoms. The first kappa shape index (κ1) is 21.4. The number of para-hydroxylation sites is 2. The molecular formula is C27H26N2O3. The molecule has 4 rings (SSSR count). The van der Waals surface area contributed by atoms with Gasteiger partial charge in [-0.3, -0.25) is 4.79 Å². The average molecular weight is 427 g/mol. The topological polar surface area (TPSA) is 60.5 Å². The van der Waals surface area contributed by atoms with Crippen LogP contribution in [-0.2, 0) is 6.42 Å². The van der Waals surface area contributed by atoms with Gasteiger partial charge in [0.1, 0.15) is 0 Å². The Balaban J connectivity index is 1.83. The van der Waals surface area contributed by atoms with E-state index >= 15 is 0 Å². The minimum Gasteiger partial charge on any atom is -0.493 e. The highest BCUT2D eigenvalue weighted by Crippen LogP contribution is 2.33. The maximum Gasteiger partial charge on any atom is 0.256 e. The summed E-state index contributed by atoms with van der Waals surface area (Å²) in [4.78, 5) is 18.3. The second-order valence-electron chi connectivity index (χ2n) is 7.56. The summed E-state index contributed by atoms with van der Waals surface area (Å²) in [6.45, 7) is 4.09. The van der Waals surface area contributed by atoms with Gasteiger partial charge in [-0.1, -0.05) is 43.3 Å². The zero-order valence-electron chi connectivity index (χ0n) is 18.7. The standard InChI is InChI=1S/C27H26N2O3/c1-5-18-10-8-9-17(2)26(18)29-27(30)21-16-23(28-22-12-7-6-11-20(21)22)19-13-14-24(31-3)25(15-19)32-4/h6-16H,5H2,1-4H3,(H,29,30). The number of rotatable bonds is 6. The van der Waals surface area contributed by atoms with Crippen LogP contribution in [0.2, 0.25) is 0 Å². The number of carbonyl (C=O) groups excluding carboxylic acids is 1. The molecule has 3 aromatic carbocycles. The first-order chi connectivity index (χ1) is 15.5. The molecule has 4 aromatic rings. The fourth-order valence-corrected chi connectivity index (χ4v) is 3.89. The van der Waals surface area contributed by atoms with Gasteiger partial charge in [0.25, 0.3) is 5.91 Å². The summed E-state index contributed by atoms with van der Waals surface area (Å²) in [5, 5.41) is 3.95. The number of aromatic nitrogens is 1. The molecule has 0 aliphatic carbocycles. The lowest BCUT2D eigenvalue weighted by Gasteiger charge is -2.15. The van der Waals surface area contributed by atoms with E-state index in [9.17, 15) is 4.79 Å². The van der Waals surface area contributed by atoms with E-state index in [1.165, 1.54) is 0 Å². The van der Waals surface area contributed by atoms with Crippen molar-refractivity contribution in [3.05, 3.63) is 83.4 Å². The van der Waals surface area contributed by atoms with Crippen molar-refractivity contribution in [2.75, 3.05) is 19.5 Å². The molecule has 1 aromatic heterocycles. The number of fused-ring (bicyclic) bond motifs is 1. The quantitative estimate of drug-likeness (QED) is 0.408. The molecule has 0 radical (unpaired) electrons. The summed E-state index contributed by atoms with van der Waals surface area (Å²) in [6, 6.07) is 21.2. The number of pyridine rings is 1. The van der Waals surface area contributed by atoms with Gasteiger partial charge in [-0.2, -0.15) is 0 Å². The number of aryl methyl sites for hydroxylation is 2. The van der Waals surface area contributed by atoms with Crippen molar-refractivity contribution in [1.29, 1.82) is 0 Å². The normalized spacial score (nSPS) is 10.8. The highest BCUT2D eigenvalue weighted by Gasteiger charge is 2.17. The van der Waals surface area contributed by atoms with Gasteiger partial charge < -0.3 is 14.8 Å². The Hall–Kier alpha value is -3.86. The number of methoxy groups -OCH3 is 2. The molecule has 0 bridgehead atoms. The van der Waals surface area contributed by atoms with Gasteiger partial charge >= 0.3 is 0 Å². The van der Waals surface area contributed by atoms with Crippen molar-refractivity contribution in [1.82, 2.24) is 4.98 Å². The zero-order valence-corrected chi connectivity index (χ0v) is 18.7. The van der Waals surface area contributed by atoms with Crippen LogP contribution in [0.1, 0.15) is 28.4 Å². The second kappa shape index (κ2) is 9.10. The van der Waals surface area contributed by atoms with Crippen molar-refractivity contribution < 1.29 is 14.3 Å². The van der Waals surface area contributed by atoms with E-state index in [1.807, 2.05) is 73.7 Å². The number of anilines is 1. The van der Waals surface area contributed by atoms with Crippen molar-refractivity contribution in [2.24, 2.45) is 0 Å². The average Bonchev–Trinajstić information content (AvgIpc) is 2.83. The Bertz CT molecular complexity index is 1300. The molecule has 5 heteroatoms. The maximum atomic E-state index is 13.5. The molecular weight excluding hydrogens is 400 g/mol. The molecule has 0 aliphatic rings. The van der Waals surface area contributed by atoms with Crippen LogP contribution in [0.15, 0.2) is 66.7 Å². The van der Waals surface area contributed by atoms with Gasteiger partial charge in [-0.05, 0) is 54.8 Å². The highest BCUT2D eigenvalue weighted by molar-refractivity contribution is 6.13. The summed E-state index contributed by atoms with van der Waals surface area (Å²) in [7, 11) is 3.20. The molecule has 0 aliphatic heterocycles. The molecule has 5 nitrogen and oxygen atoms in total. The lowest BCUT2D eigenvalue weighted by Crippen LogP contribution is -2.15. The van der Waals surface area contributed by atoms with Crippen LogP contribution >= 0.6 is 0 Å². The summed E-state index contributed by atoms with van der Waals surface area (Å²) >= 11 is 0.